The van der Waals surface area contributed by atoms with E-state index in [1.807, 2.05) is 13.8 Å². The van der Waals surface area contributed by atoms with Gasteiger partial charge in [0.1, 0.15) is 85.7 Å². The van der Waals surface area contributed by atoms with Crippen molar-refractivity contribution >= 4 is 58.0 Å². The molecule has 137 heavy (non-hydrogen) atoms. The van der Waals surface area contributed by atoms with Crippen molar-refractivity contribution in [3.8, 4) is 57.6 Å². The molecule has 0 aromatic carbocycles. The number of carbonyl (C=O) groups is 5. The third kappa shape index (κ3) is 36.2. The molecule has 0 spiro atoms. The Kier molecular flexibility index (Phi) is 53.6. The zero-order valence-corrected chi connectivity index (χ0v) is 80.9. The van der Waals surface area contributed by atoms with E-state index in [4.69, 9.17) is 26.6 Å². The number of esters is 2. The molecule has 14 rings (SSSR count). The molecule has 0 atom stereocenters. The second-order valence-corrected chi connectivity index (χ2v) is 25.1. The molecule has 14 aromatic rings. The number of anilines is 1. The minimum atomic E-state index is -5.62. The summed E-state index contributed by atoms with van der Waals surface area (Å²) in [5.41, 5.74) is 14.5. The van der Waals surface area contributed by atoms with Crippen molar-refractivity contribution in [2.24, 2.45) is 55.9 Å². The number of hydrogen-bond donors (Lipinski definition) is 5. The van der Waals surface area contributed by atoms with Crippen molar-refractivity contribution in [2.75, 3.05) is 5.73 Å². The summed E-state index contributed by atoms with van der Waals surface area (Å²) in [6.07, 6.45) is -7.61. The average molecular weight is 1990 g/mol. The number of carbonyl (C=O) groups excluding carboxylic acids is 5. The summed E-state index contributed by atoms with van der Waals surface area (Å²) >= 11 is 0. The molecule has 0 radical (unpaired) electrons. The number of aromatic nitrogens is 28. The van der Waals surface area contributed by atoms with Crippen LogP contribution in [0.25, 0.3) is 57.6 Å². The first-order valence-electron chi connectivity index (χ1n) is 35.6. The van der Waals surface area contributed by atoms with Gasteiger partial charge in [-0.3, -0.25) is 59.8 Å². The first-order chi connectivity index (χ1) is 61.8. The summed E-state index contributed by atoms with van der Waals surface area (Å²) in [4.78, 5) is 107. The number of alkyl halides is 6. The number of rotatable bonds is 19. The second-order valence-electron chi connectivity index (χ2n) is 25.1. The minimum absolute atomic E-state index is 0. The number of halogens is 6. The molecule has 0 bridgehead atoms. The molecule has 0 saturated heterocycles. The number of aryl methyl sites for hydroxylation is 5. The van der Waals surface area contributed by atoms with Crippen LogP contribution in [0.2, 0.25) is 0 Å². The van der Waals surface area contributed by atoms with E-state index in [9.17, 15) is 74.3 Å². The maximum Gasteiger partial charge on any atom is 1.00 e. The van der Waals surface area contributed by atoms with E-state index in [-0.39, 0.29) is 188 Å². The molecule has 0 saturated carbocycles. The zero-order valence-electron chi connectivity index (χ0n) is 74.9. The van der Waals surface area contributed by atoms with Crippen molar-refractivity contribution < 1.29 is 245 Å². The summed E-state index contributed by atoms with van der Waals surface area (Å²) in [6, 6.07) is 0. The molecule has 14 aromatic heterocycles. The summed E-state index contributed by atoms with van der Waals surface area (Å²) in [5.74, 6) is -8.29. The van der Waals surface area contributed by atoms with Gasteiger partial charge in [-0.15, -0.1) is 0 Å². The van der Waals surface area contributed by atoms with Crippen molar-refractivity contribution in [3.63, 3.8) is 0 Å². The summed E-state index contributed by atoms with van der Waals surface area (Å²) in [6.45, 7) is 19.9. The van der Waals surface area contributed by atoms with Crippen LogP contribution in [0.3, 0.4) is 0 Å². The molecule has 9 N–H and O–H groups in total. The number of hydrogen-bond acceptors (Lipinski definition) is 60. The number of nitrogens with zero attached hydrogens (tertiary/aromatic N) is 32. The Morgan fingerprint density at radius 1 is 0.328 bits per heavy atom. The predicted octanol–water partition coefficient (Wildman–Crippen LogP) is -7.34. The van der Waals surface area contributed by atoms with Gasteiger partial charge >= 0.3 is 142 Å². The van der Waals surface area contributed by atoms with Crippen molar-refractivity contribution in [1.82, 2.24) is 141 Å². The van der Waals surface area contributed by atoms with Gasteiger partial charge < -0.3 is 47.7 Å². The summed E-state index contributed by atoms with van der Waals surface area (Å²) in [7, 11) is 7.50. The van der Waals surface area contributed by atoms with Crippen molar-refractivity contribution in [1.29, 1.82) is 0 Å². The number of ketones is 3. The van der Waals surface area contributed by atoms with Crippen molar-refractivity contribution in [2.45, 2.75) is 140 Å². The van der Waals surface area contributed by atoms with Gasteiger partial charge in [-0.1, -0.05) is 114 Å². The predicted molar refractivity (Wildman–Crippen MR) is 407 cm³/mol. The SMILES string of the molecule is CC(=NO)c1nonc1C.CC(=NO)c1nonc1C.CC(=O)Cc1nonc1-c1noc(=O)n1C.CC(=O)Cc1nonc1-c1noc(=O)n1C.CC(=O)Cc1nonc1C(C)=NO.CCCc1nonc1-c1noc(=O)n1C.CCCc1nonc1C(C)=NO.Cc1nonc1-c1noc(=O)n1C.Cn1c(-c2nonc2N)noc1=O.O=C(OC(=O)C(F)(F)F)C(F)(F)F.[Na+].[Na+].[Na+].[OH-].[OH-].[OH-]. The van der Waals surface area contributed by atoms with E-state index in [1.54, 1.807) is 55.5 Å². The van der Waals surface area contributed by atoms with Crippen LogP contribution in [0.1, 0.15) is 143 Å². The normalized spacial score (nSPS) is 10.8. The van der Waals surface area contributed by atoms with Gasteiger partial charge in [-0.05, 0) is 134 Å². The van der Waals surface area contributed by atoms with Crippen LogP contribution >= 0.6 is 0 Å². The van der Waals surface area contributed by atoms with Gasteiger partial charge in [-0.2, -0.15) is 26.3 Å². The molecule has 65 nitrogen and oxygen atoms in total. The third-order valence-corrected chi connectivity index (χ3v) is 15.2. The Morgan fingerprint density at radius 2 is 0.562 bits per heavy atom. The molecule has 74 heteroatoms. The van der Waals surface area contributed by atoms with Gasteiger partial charge in [0.25, 0.3) is 0 Å². The monoisotopic (exact) mass is 1990 g/mol. The Bertz CT molecular complexity index is 6280. The number of Topliss-reactive ketones (excluding diaryl/α,β-unsaturated/α-hetero) is 3. The maximum absolute atomic E-state index is 11.2. The number of ether oxygens (including phenoxy) is 1. The van der Waals surface area contributed by atoms with Gasteiger partial charge in [0, 0.05) is 35.2 Å². The molecule has 0 aliphatic carbocycles. The van der Waals surface area contributed by atoms with Crippen LogP contribution in [0, 0.1) is 20.8 Å². The smallest absolute Gasteiger partial charge is 0.870 e. The van der Waals surface area contributed by atoms with Gasteiger partial charge in [0.15, 0.2) is 57.1 Å². The van der Waals surface area contributed by atoms with E-state index in [0.29, 0.717) is 103 Å². The van der Waals surface area contributed by atoms with Gasteiger partial charge in [0.2, 0.25) is 29.1 Å². The average Bonchev–Trinajstić information content (AvgIpc) is 1.67. The Labute approximate surface area is 820 Å². The van der Waals surface area contributed by atoms with E-state index in [2.05, 4.69) is 208 Å². The Balaban J connectivity index is 0. The Morgan fingerprint density at radius 3 is 0.839 bits per heavy atom. The quantitative estimate of drug-likeness (QED) is 0.00955. The fraction of sp³-hybridized carbons (Fsp3) is 0.413. The molecule has 728 valence electrons. The first-order valence-corrected chi connectivity index (χ1v) is 35.6. The topological polar surface area (TPSA) is 931 Å². The standard InChI is InChI=1S/2C8H8N4O4.C8H10N4O3.C7H9N3O3.C7H11N3O2.C6H6N4O3.C5H5N5O3.2C5H7N3O2.C4F6O3.3Na.3H2O/c2*1-4(13)3-5-6(10-16-9-5)7-11-15-8(14)12(7)2;1-3-4-5-6(10-15-9-5)7-11-14-8(13)12(7)2;1-4(11)3-6-7(5(2)8-12)10-13-9-6;1-3-4-6-7(5(2)8-11)10-12-9-6;1-3-4(8-13-7-3)5-9-12-6(11)10(5)2;1-10-4(9-12-5(10)11)2-3(6)8-13-7-2;2*1-3(6-9)5-4(2)7-10-8-5;5-3(6,7)1(11)13-2(12)4(8,9)10;;;;;;/h2*3H2,1-2H3;3-4H2,1-2H3;12H,3H2,1-2H3;11H,3-4H2,1-2H3;1-2H3;1H3,(H2,6,8);2*9H,1-2H3;;;;;3*1H2/q;;;;;;;;;;3*+1;;;/p-3. The first kappa shape index (κ1) is 124. The molecule has 0 amide bonds. The minimum Gasteiger partial charge on any atom is -0.870 e. The number of nitrogen functional groups attached to an aromatic ring is 1. The van der Waals surface area contributed by atoms with Gasteiger partial charge in [0.05, 0.1) is 19.3 Å². The summed E-state index contributed by atoms with van der Waals surface area (Å²) in [5, 5.41) is 127. The fourth-order valence-corrected chi connectivity index (χ4v) is 8.71. The number of nitrogens with two attached hydrogens (primary N) is 1. The van der Waals surface area contributed by atoms with E-state index < -0.39 is 53.1 Å². The van der Waals surface area contributed by atoms with E-state index >= 15 is 0 Å². The molecule has 0 fully saturated rings. The van der Waals surface area contributed by atoms with Crippen molar-refractivity contribution in [3.05, 3.63) is 121 Å². The third-order valence-electron chi connectivity index (χ3n) is 15.2. The molecule has 0 aliphatic rings. The van der Waals surface area contributed by atoms with Crippen LogP contribution in [0.15, 0.2) is 109 Å². The number of oxime groups is 4. The fourth-order valence-electron chi connectivity index (χ4n) is 8.71. The van der Waals surface area contributed by atoms with Crippen LogP contribution in [0.4, 0.5) is 32.2 Å². The summed E-state index contributed by atoms with van der Waals surface area (Å²) < 4.78 is 138. The van der Waals surface area contributed by atoms with Crippen LogP contribution in [0.5, 0.6) is 0 Å². The van der Waals surface area contributed by atoms with Crippen LogP contribution in [-0.4, -0.2) is 243 Å². The van der Waals surface area contributed by atoms with E-state index in [0.717, 1.165) is 45.1 Å². The van der Waals surface area contributed by atoms with Gasteiger partial charge in [-0.25, -0.2) is 75.2 Å². The molecular formula is C63H74F6N33Na3O32. The van der Waals surface area contributed by atoms with Crippen LogP contribution in [-0.2, 0) is 96.1 Å². The largest absolute Gasteiger partial charge is 1.00 e. The van der Waals surface area contributed by atoms with Crippen LogP contribution < -0.4 is 123 Å². The molecule has 0 unspecified atom stereocenters. The molecule has 14 heterocycles. The van der Waals surface area contributed by atoms with E-state index in [1.165, 1.54) is 58.1 Å². The molecular weight excluding hydrogens is 1910 g/mol. The zero-order chi connectivity index (χ0) is 97.9. The maximum atomic E-state index is 11.2. The Hall–Kier alpha value is -14.7. The molecule has 0 aliphatic heterocycles. The second kappa shape index (κ2) is 59.1.